The van der Waals surface area contributed by atoms with Crippen LogP contribution < -0.4 is 9.64 Å². The van der Waals surface area contributed by atoms with Gasteiger partial charge in [-0.2, -0.15) is 0 Å². The summed E-state index contributed by atoms with van der Waals surface area (Å²) in [7, 11) is 0. The molecule has 10 aromatic rings. The predicted octanol–water partition coefficient (Wildman–Crippen LogP) is 15.2. The largest absolute Gasteiger partial charge is 0.456 e. The van der Waals surface area contributed by atoms with Crippen LogP contribution in [0.25, 0.3) is 64.4 Å². The molecule has 0 atom stereocenters. The Morgan fingerprint density at radius 2 is 1.07 bits per heavy atom. The lowest BCUT2D eigenvalue weighted by Crippen LogP contribution is -2.24. The summed E-state index contributed by atoms with van der Waals surface area (Å²) < 4.78 is 15.7. The normalized spacial score (nSPS) is 13.2. The van der Waals surface area contributed by atoms with Crippen LogP contribution in [0.3, 0.4) is 0 Å². The Labute approximate surface area is 323 Å². The summed E-state index contributed by atoms with van der Waals surface area (Å²) >= 11 is 1.83. The third-order valence-corrected chi connectivity index (χ3v) is 12.5. The summed E-state index contributed by atoms with van der Waals surface area (Å²) in [5, 5.41) is 4.72. The first kappa shape index (κ1) is 31.9. The first-order chi connectivity index (χ1) is 27.0. The Morgan fingerprint density at radius 3 is 1.85 bits per heavy atom. The van der Waals surface area contributed by atoms with Gasteiger partial charge in [0.1, 0.15) is 22.7 Å². The number of benzene rings is 8. The number of rotatable bonds is 5. The summed E-state index contributed by atoms with van der Waals surface area (Å²) in [6, 6.07) is 62.8. The van der Waals surface area contributed by atoms with E-state index in [1.54, 1.807) is 0 Å². The Kier molecular flexibility index (Phi) is 7.07. The highest BCUT2D eigenvalue weighted by Crippen LogP contribution is 2.53. The van der Waals surface area contributed by atoms with Crippen LogP contribution in [0.5, 0.6) is 11.5 Å². The van der Waals surface area contributed by atoms with Crippen LogP contribution in [0.15, 0.2) is 180 Å². The third-order valence-electron chi connectivity index (χ3n) is 11.3. The molecule has 1 aliphatic rings. The number of nitrogens with zero attached hydrogens (tertiary/aromatic N) is 1. The van der Waals surface area contributed by atoms with Crippen LogP contribution in [0.2, 0.25) is 0 Å². The molecule has 0 aliphatic carbocycles. The van der Waals surface area contributed by atoms with Crippen molar-refractivity contribution in [3.8, 4) is 33.8 Å². The number of furan rings is 1. The highest BCUT2D eigenvalue weighted by Gasteiger charge is 2.36. The van der Waals surface area contributed by atoms with Crippen LogP contribution in [-0.2, 0) is 5.41 Å². The molecule has 0 radical (unpaired) electrons. The molecule has 0 fully saturated rings. The summed E-state index contributed by atoms with van der Waals surface area (Å²) in [6.07, 6.45) is 0. The van der Waals surface area contributed by atoms with Crippen molar-refractivity contribution < 1.29 is 9.15 Å². The van der Waals surface area contributed by atoms with Gasteiger partial charge in [-0.1, -0.05) is 117 Å². The van der Waals surface area contributed by atoms with E-state index >= 15 is 0 Å². The molecule has 11 rings (SSSR count). The first-order valence-corrected chi connectivity index (χ1v) is 19.6. The van der Waals surface area contributed by atoms with Crippen molar-refractivity contribution >= 4 is 70.5 Å². The lowest BCUT2D eigenvalue weighted by atomic mass is 9.74. The van der Waals surface area contributed by atoms with Gasteiger partial charge in [-0.3, -0.25) is 0 Å². The van der Waals surface area contributed by atoms with E-state index in [1.807, 2.05) is 23.5 Å². The molecule has 0 spiro atoms. The molecule has 2 aromatic heterocycles. The van der Waals surface area contributed by atoms with Crippen molar-refractivity contribution in [2.75, 3.05) is 4.90 Å². The van der Waals surface area contributed by atoms with E-state index < -0.39 is 0 Å². The number of hydrogen-bond donors (Lipinski definition) is 0. The molecule has 1 aliphatic heterocycles. The Bertz CT molecular complexity index is 3080. The van der Waals surface area contributed by atoms with Crippen LogP contribution in [0.4, 0.5) is 17.1 Å². The molecule has 8 aromatic carbocycles. The van der Waals surface area contributed by atoms with Gasteiger partial charge >= 0.3 is 0 Å². The average Bonchev–Trinajstić information content (AvgIpc) is 3.80. The van der Waals surface area contributed by atoms with E-state index in [0.29, 0.717) is 0 Å². The van der Waals surface area contributed by atoms with Crippen LogP contribution in [-0.4, -0.2) is 0 Å². The van der Waals surface area contributed by atoms with Gasteiger partial charge in [0.15, 0.2) is 0 Å². The zero-order chi connectivity index (χ0) is 36.7. The monoisotopic (exact) mass is 725 g/mol. The molecule has 0 unspecified atom stereocenters. The summed E-state index contributed by atoms with van der Waals surface area (Å²) in [5.41, 5.74) is 11.8. The van der Waals surface area contributed by atoms with Gasteiger partial charge in [0, 0.05) is 70.6 Å². The first-order valence-electron chi connectivity index (χ1n) is 18.7. The Hall–Kier alpha value is -6.62. The minimum Gasteiger partial charge on any atom is -0.456 e. The van der Waals surface area contributed by atoms with Crippen molar-refractivity contribution in [2.24, 2.45) is 0 Å². The van der Waals surface area contributed by atoms with Crippen molar-refractivity contribution in [3.05, 3.63) is 187 Å². The molecule has 4 heteroatoms. The van der Waals surface area contributed by atoms with Crippen molar-refractivity contribution in [2.45, 2.75) is 19.3 Å². The highest BCUT2D eigenvalue weighted by atomic mass is 32.1. The molecular formula is C51H35NO2S. The van der Waals surface area contributed by atoms with Gasteiger partial charge in [0.05, 0.1) is 0 Å². The smallest absolute Gasteiger partial charge is 0.140 e. The number of fused-ring (bicyclic) bond motifs is 9. The van der Waals surface area contributed by atoms with E-state index in [1.165, 1.54) is 42.4 Å². The van der Waals surface area contributed by atoms with Gasteiger partial charge in [-0.05, 0) is 89.0 Å². The maximum atomic E-state index is 6.81. The van der Waals surface area contributed by atoms with Gasteiger partial charge in [0.25, 0.3) is 0 Å². The molecule has 55 heavy (non-hydrogen) atoms. The number of anilines is 3. The molecule has 0 N–H and O–H groups in total. The second kappa shape index (κ2) is 12.2. The van der Waals surface area contributed by atoms with Crippen molar-refractivity contribution in [3.63, 3.8) is 0 Å². The molecule has 262 valence electrons. The highest BCUT2D eigenvalue weighted by molar-refractivity contribution is 7.25. The van der Waals surface area contributed by atoms with Gasteiger partial charge < -0.3 is 14.1 Å². The molecular weight excluding hydrogens is 691 g/mol. The predicted molar refractivity (Wildman–Crippen MR) is 231 cm³/mol. The number of ether oxygens (including phenoxy) is 1. The zero-order valence-electron chi connectivity index (χ0n) is 30.4. The minimum atomic E-state index is -0.242. The van der Waals surface area contributed by atoms with E-state index in [0.717, 1.165) is 61.6 Å². The zero-order valence-corrected chi connectivity index (χ0v) is 31.2. The van der Waals surface area contributed by atoms with E-state index in [4.69, 9.17) is 9.15 Å². The van der Waals surface area contributed by atoms with E-state index in [9.17, 15) is 0 Å². The van der Waals surface area contributed by atoms with Crippen LogP contribution in [0, 0.1) is 0 Å². The summed E-state index contributed by atoms with van der Waals surface area (Å²) in [4.78, 5) is 2.31. The van der Waals surface area contributed by atoms with Gasteiger partial charge in [0.2, 0.25) is 0 Å². The van der Waals surface area contributed by atoms with Crippen molar-refractivity contribution in [1.82, 2.24) is 0 Å². The standard InChI is InChI=1S/C51H35NO2S/c1-51(2)42-27-29-48-49(41-13-7-9-15-47(41)55-48)50(42)54-45-28-20-35(30-43(45)51)34-18-23-37(24-19-34)52(36-21-16-33(17-22-36)32-10-4-3-5-11-32)38-25-26-40-39-12-6-8-14-44(39)53-46(40)31-38/h3-31H,1-2H3. The summed E-state index contributed by atoms with van der Waals surface area (Å²) in [6.45, 7) is 4.64. The lowest BCUT2D eigenvalue weighted by Gasteiger charge is -2.35. The molecule has 0 bridgehead atoms. The van der Waals surface area contributed by atoms with Crippen molar-refractivity contribution in [1.29, 1.82) is 0 Å². The fourth-order valence-electron chi connectivity index (χ4n) is 8.46. The molecule has 3 heterocycles. The minimum absolute atomic E-state index is 0.242. The number of hydrogen-bond acceptors (Lipinski definition) is 4. The fourth-order valence-corrected chi connectivity index (χ4v) is 9.57. The topological polar surface area (TPSA) is 25.6 Å². The molecule has 0 saturated heterocycles. The van der Waals surface area contributed by atoms with Gasteiger partial charge in [-0.25, -0.2) is 0 Å². The molecule has 3 nitrogen and oxygen atoms in total. The van der Waals surface area contributed by atoms with Crippen LogP contribution in [0.1, 0.15) is 25.0 Å². The average molecular weight is 726 g/mol. The summed E-state index contributed by atoms with van der Waals surface area (Å²) in [5.74, 6) is 1.91. The SMILES string of the molecule is CC1(C)c2cc(-c3ccc(N(c4ccc(-c5ccccc5)cc4)c4ccc5c(c4)oc4ccccc45)cc3)ccc2Oc2c1ccc1sc3ccccc3c21. The number of para-hydroxylation sites is 1. The Balaban J connectivity index is 0.975. The number of thiophene rings is 1. The molecule has 0 saturated carbocycles. The molecule has 0 amide bonds. The fraction of sp³-hybridized carbons (Fsp3) is 0.0588. The van der Waals surface area contributed by atoms with E-state index in [-0.39, 0.29) is 5.41 Å². The Morgan fingerprint density at radius 1 is 0.455 bits per heavy atom. The lowest BCUT2D eigenvalue weighted by molar-refractivity contribution is 0.423. The second-order valence-electron chi connectivity index (χ2n) is 14.9. The quantitative estimate of drug-likeness (QED) is 0.177. The van der Waals surface area contributed by atoms with Crippen LogP contribution >= 0.6 is 11.3 Å². The maximum absolute atomic E-state index is 6.81. The van der Waals surface area contributed by atoms with E-state index in [2.05, 4.69) is 183 Å². The van der Waals surface area contributed by atoms with Gasteiger partial charge in [-0.15, -0.1) is 11.3 Å². The maximum Gasteiger partial charge on any atom is 0.140 e. The second-order valence-corrected chi connectivity index (χ2v) is 16.0. The third kappa shape index (κ3) is 5.10.